The van der Waals surface area contributed by atoms with Gasteiger partial charge in [0.15, 0.2) is 0 Å². The topological polar surface area (TPSA) is 42.3 Å². The number of benzene rings is 2. The summed E-state index contributed by atoms with van der Waals surface area (Å²) in [5.41, 5.74) is 7.22. The van der Waals surface area contributed by atoms with Crippen molar-refractivity contribution in [1.82, 2.24) is 15.1 Å². The van der Waals surface area contributed by atoms with Gasteiger partial charge in [-0.3, -0.25) is 0 Å². The van der Waals surface area contributed by atoms with E-state index in [4.69, 9.17) is 9.84 Å². The third-order valence-electron chi connectivity index (χ3n) is 5.39. The van der Waals surface area contributed by atoms with Crippen molar-refractivity contribution in [3.63, 3.8) is 0 Å². The molecule has 0 spiro atoms. The first-order valence-electron chi connectivity index (χ1n) is 9.95. The Kier molecular flexibility index (Phi) is 5.74. The van der Waals surface area contributed by atoms with Crippen molar-refractivity contribution in [2.45, 2.75) is 26.9 Å². The van der Waals surface area contributed by atoms with Crippen molar-refractivity contribution in [2.75, 3.05) is 31.2 Å². The molecule has 0 aliphatic carbocycles. The van der Waals surface area contributed by atoms with Gasteiger partial charge in [0, 0.05) is 43.1 Å². The second kappa shape index (κ2) is 8.59. The first kappa shape index (κ1) is 18.7. The van der Waals surface area contributed by atoms with Crippen molar-refractivity contribution in [3.05, 3.63) is 77.1 Å². The smallest absolute Gasteiger partial charge is 0.0648 e. The molecule has 1 aromatic heterocycles. The van der Waals surface area contributed by atoms with E-state index in [1.54, 1.807) is 0 Å². The summed E-state index contributed by atoms with van der Waals surface area (Å²) in [6.07, 6.45) is 0. The highest BCUT2D eigenvalue weighted by Gasteiger charge is 2.13. The average Bonchev–Trinajstić information content (AvgIpc) is 3.04. The van der Waals surface area contributed by atoms with Crippen molar-refractivity contribution in [3.8, 4) is 5.69 Å². The van der Waals surface area contributed by atoms with E-state index in [1.165, 1.54) is 22.5 Å². The van der Waals surface area contributed by atoms with Crippen LogP contribution in [0, 0.1) is 13.8 Å². The van der Waals surface area contributed by atoms with Gasteiger partial charge in [-0.05, 0) is 43.7 Å². The number of hydrogen-bond donors (Lipinski definition) is 1. The first-order chi connectivity index (χ1) is 13.7. The van der Waals surface area contributed by atoms with Gasteiger partial charge >= 0.3 is 0 Å². The zero-order chi connectivity index (χ0) is 19.3. The van der Waals surface area contributed by atoms with E-state index in [1.807, 2.05) is 22.9 Å². The molecule has 3 aromatic rings. The Bertz CT molecular complexity index is 896. The van der Waals surface area contributed by atoms with E-state index in [-0.39, 0.29) is 0 Å². The van der Waals surface area contributed by atoms with E-state index in [0.717, 1.165) is 50.8 Å². The Balaban J connectivity index is 1.37. The molecule has 1 saturated heterocycles. The van der Waals surface area contributed by atoms with E-state index < -0.39 is 0 Å². The van der Waals surface area contributed by atoms with Gasteiger partial charge in [0.05, 0.1) is 24.6 Å². The van der Waals surface area contributed by atoms with Gasteiger partial charge in [-0.1, -0.05) is 30.3 Å². The minimum Gasteiger partial charge on any atom is -0.378 e. The molecule has 4 rings (SSSR count). The summed E-state index contributed by atoms with van der Waals surface area (Å²) in [6, 6.07) is 19.2. The van der Waals surface area contributed by atoms with Crippen LogP contribution in [0.5, 0.6) is 0 Å². The number of nitrogens with zero attached hydrogens (tertiary/aromatic N) is 3. The van der Waals surface area contributed by atoms with Crippen LogP contribution in [-0.4, -0.2) is 36.1 Å². The number of anilines is 1. The van der Waals surface area contributed by atoms with Crippen LogP contribution in [0.1, 0.15) is 22.5 Å². The second-order valence-electron chi connectivity index (χ2n) is 7.27. The Morgan fingerprint density at radius 1 is 0.893 bits per heavy atom. The molecule has 2 aromatic carbocycles. The fourth-order valence-corrected chi connectivity index (χ4v) is 3.73. The molecule has 5 heteroatoms. The van der Waals surface area contributed by atoms with Crippen LogP contribution in [0.3, 0.4) is 0 Å². The minimum atomic E-state index is 0.815. The molecule has 0 radical (unpaired) electrons. The summed E-state index contributed by atoms with van der Waals surface area (Å²) in [7, 11) is 0. The van der Waals surface area contributed by atoms with E-state index >= 15 is 0 Å². The highest BCUT2D eigenvalue weighted by molar-refractivity contribution is 5.48. The predicted octanol–water partition coefficient (Wildman–Crippen LogP) is 3.62. The summed E-state index contributed by atoms with van der Waals surface area (Å²) in [4.78, 5) is 2.38. The highest BCUT2D eigenvalue weighted by atomic mass is 16.5. The molecular formula is C23H28N4O. The second-order valence-corrected chi connectivity index (χ2v) is 7.27. The number of rotatable bonds is 6. The number of ether oxygens (including phenoxy) is 1. The van der Waals surface area contributed by atoms with Crippen LogP contribution in [0.2, 0.25) is 0 Å². The maximum Gasteiger partial charge on any atom is 0.0648 e. The van der Waals surface area contributed by atoms with Crippen LogP contribution in [0.15, 0.2) is 54.6 Å². The monoisotopic (exact) mass is 376 g/mol. The van der Waals surface area contributed by atoms with Gasteiger partial charge in [0.25, 0.3) is 0 Å². The molecule has 0 saturated carbocycles. The Hall–Kier alpha value is -2.63. The zero-order valence-corrected chi connectivity index (χ0v) is 16.7. The zero-order valence-electron chi connectivity index (χ0n) is 16.7. The standard InChI is InChI=1S/C23H28N4O/c1-18-23(19(2)27(25-18)22-6-4-3-5-7-22)17-24-16-20-8-10-21(11-9-20)26-12-14-28-15-13-26/h3-11,24H,12-17H2,1-2H3. The number of hydrogen-bond acceptors (Lipinski definition) is 4. The predicted molar refractivity (Wildman–Crippen MR) is 113 cm³/mol. The van der Waals surface area contributed by atoms with E-state index in [9.17, 15) is 0 Å². The quantitative estimate of drug-likeness (QED) is 0.714. The van der Waals surface area contributed by atoms with E-state index in [0.29, 0.717) is 0 Å². The van der Waals surface area contributed by atoms with Gasteiger partial charge in [-0.25, -0.2) is 4.68 Å². The molecule has 0 amide bonds. The van der Waals surface area contributed by atoms with Gasteiger partial charge in [-0.2, -0.15) is 5.10 Å². The van der Waals surface area contributed by atoms with E-state index in [2.05, 4.69) is 60.5 Å². The Morgan fingerprint density at radius 2 is 1.61 bits per heavy atom. The summed E-state index contributed by atoms with van der Waals surface area (Å²) in [6.45, 7) is 9.47. The summed E-state index contributed by atoms with van der Waals surface area (Å²) in [5.74, 6) is 0. The number of para-hydroxylation sites is 1. The van der Waals surface area contributed by atoms with Crippen molar-refractivity contribution < 1.29 is 4.74 Å². The van der Waals surface area contributed by atoms with Crippen LogP contribution in [0.25, 0.3) is 5.69 Å². The molecule has 0 atom stereocenters. The fraction of sp³-hybridized carbons (Fsp3) is 0.348. The molecule has 1 aliphatic rings. The van der Waals surface area contributed by atoms with Crippen LogP contribution < -0.4 is 10.2 Å². The molecule has 1 aliphatic heterocycles. The lowest BCUT2D eigenvalue weighted by Gasteiger charge is -2.28. The molecule has 1 N–H and O–H groups in total. The molecule has 28 heavy (non-hydrogen) atoms. The lowest BCUT2D eigenvalue weighted by molar-refractivity contribution is 0.122. The number of morpholine rings is 1. The maximum absolute atomic E-state index is 5.43. The lowest BCUT2D eigenvalue weighted by Crippen LogP contribution is -2.36. The SMILES string of the molecule is Cc1nn(-c2ccccc2)c(C)c1CNCc1ccc(N2CCOCC2)cc1. The summed E-state index contributed by atoms with van der Waals surface area (Å²) in [5, 5.41) is 8.31. The van der Waals surface area contributed by atoms with Crippen molar-refractivity contribution >= 4 is 5.69 Å². The third kappa shape index (κ3) is 4.11. The fourth-order valence-electron chi connectivity index (χ4n) is 3.73. The molecule has 146 valence electrons. The Labute approximate surface area is 166 Å². The number of nitrogens with one attached hydrogen (secondary N) is 1. The largest absolute Gasteiger partial charge is 0.378 e. The maximum atomic E-state index is 5.43. The van der Waals surface area contributed by atoms with Gasteiger partial charge in [0.2, 0.25) is 0 Å². The van der Waals surface area contributed by atoms with Crippen molar-refractivity contribution in [1.29, 1.82) is 0 Å². The summed E-state index contributed by atoms with van der Waals surface area (Å²) < 4.78 is 7.46. The minimum absolute atomic E-state index is 0.815. The van der Waals surface area contributed by atoms with Crippen molar-refractivity contribution in [2.24, 2.45) is 0 Å². The summed E-state index contributed by atoms with van der Waals surface area (Å²) >= 11 is 0. The Morgan fingerprint density at radius 3 is 2.32 bits per heavy atom. The van der Waals surface area contributed by atoms with Crippen LogP contribution >= 0.6 is 0 Å². The molecular weight excluding hydrogens is 348 g/mol. The number of aromatic nitrogens is 2. The normalized spacial score (nSPS) is 14.4. The van der Waals surface area contributed by atoms with Crippen LogP contribution in [-0.2, 0) is 17.8 Å². The lowest BCUT2D eigenvalue weighted by atomic mass is 10.1. The third-order valence-corrected chi connectivity index (χ3v) is 5.39. The molecule has 1 fully saturated rings. The highest BCUT2D eigenvalue weighted by Crippen LogP contribution is 2.19. The molecule has 0 unspecified atom stereocenters. The van der Waals surface area contributed by atoms with Gasteiger partial charge < -0.3 is 15.0 Å². The number of aryl methyl sites for hydroxylation is 1. The van der Waals surface area contributed by atoms with Crippen LogP contribution in [0.4, 0.5) is 5.69 Å². The molecule has 2 heterocycles. The first-order valence-corrected chi connectivity index (χ1v) is 9.95. The van der Waals surface area contributed by atoms with Gasteiger partial charge in [-0.15, -0.1) is 0 Å². The molecule has 0 bridgehead atoms. The van der Waals surface area contributed by atoms with Gasteiger partial charge in [0.1, 0.15) is 0 Å². The molecule has 5 nitrogen and oxygen atoms in total. The average molecular weight is 377 g/mol.